The number of piperidine rings is 1. The molecule has 18 heteroatoms. The van der Waals surface area contributed by atoms with Gasteiger partial charge >= 0.3 is 0 Å². The SMILES string of the molecule is Cn1ncc2cc(C(=O)Nc3ccc4[nH]c(CN5CCC(CCNC(=O)CCOCCOCCNc6cccc7c6C(=O)N(C6CCC(=O)NC6=O)C7=O)C5)nc4c3)ccc21. The summed E-state index contributed by atoms with van der Waals surface area (Å²) >= 11 is 0. The van der Waals surface area contributed by atoms with Crippen LogP contribution in [0, 0.1) is 5.92 Å². The monoisotopic (exact) mass is 832 g/mol. The topological polar surface area (TPSA) is 222 Å². The number of nitrogens with zero attached hydrogens (tertiary/aromatic N) is 5. The van der Waals surface area contributed by atoms with Crippen LogP contribution in [0.2, 0.25) is 0 Å². The molecule has 0 bridgehead atoms. The summed E-state index contributed by atoms with van der Waals surface area (Å²) in [7, 11) is 1.87. The van der Waals surface area contributed by atoms with Gasteiger partial charge in [0.1, 0.15) is 11.9 Å². The molecule has 3 aliphatic rings. The summed E-state index contributed by atoms with van der Waals surface area (Å²) in [5.74, 6) is -1.13. The summed E-state index contributed by atoms with van der Waals surface area (Å²) in [6.07, 6.45) is 4.07. The molecule has 0 spiro atoms. The second-order valence-corrected chi connectivity index (χ2v) is 15.5. The van der Waals surface area contributed by atoms with Gasteiger partial charge in [-0.05, 0) is 80.3 Å². The number of hydrogen-bond donors (Lipinski definition) is 5. The second kappa shape index (κ2) is 18.4. The van der Waals surface area contributed by atoms with Gasteiger partial charge in [0, 0.05) is 61.8 Å². The fraction of sp³-hybridized carbons (Fsp3) is 0.395. The number of fused-ring (bicyclic) bond motifs is 3. The molecule has 0 saturated carbocycles. The van der Waals surface area contributed by atoms with Crippen molar-refractivity contribution in [3.8, 4) is 0 Å². The average molecular weight is 833 g/mol. The molecule has 2 fully saturated rings. The zero-order valence-corrected chi connectivity index (χ0v) is 33.8. The number of imidazole rings is 1. The largest absolute Gasteiger partial charge is 0.382 e. The highest BCUT2D eigenvalue weighted by molar-refractivity contribution is 6.25. The Balaban J connectivity index is 0.673. The second-order valence-electron chi connectivity index (χ2n) is 15.5. The van der Waals surface area contributed by atoms with E-state index in [9.17, 15) is 28.8 Å². The van der Waals surface area contributed by atoms with Gasteiger partial charge < -0.3 is 30.4 Å². The van der Waals surface area contributed by atoms with Crippen LogP contribution in [0.25, 0.3) is 21.9 Å². The average Bonchev–Trinajstić information content (AvgIpc) is 4.02. The molecule has 0 aliphatic carbocycles. The maximum Gasteiger partial charge on any atom is 0.264 e. The van der Waals surface area contributed by atoms with E-state index in [0.717, 1.165) is 58.6 Å². The molecule has 5 heterocycles. The Kier molecular flexibility index (Phi) is 12.4. The van der Waals surface area contributed by atoms with Crippen LogP contribution in [0.15, 0.2) is 60.8 Å². The Morgan fingerprint density at radius 2 is 1.79 bits per heavy atom. The van der Waals surface area contributed by atoms with E-state index in [0.29, 0.717) is 62.3 Å². The number of likely N-dealkylation sites (tertiary alicyclic amines) is 1. The number of anilines is 2. The zero-order chi connectivity index (χ0) is 42.5. The van der Waals surface area contributed by atoms with Crippen molar-refractivity contribution < 1.29 is 38.2 Å². The van der Waals surface area contributed by atoms with Crippen molar-refractivity contribution in [2.24, 2.45) is 13.0 Å². The molecular weight excluding hydrogens is 785 g/mol. The van der Waals surface area contributed by atoms with Gasteiger partial charge in [-0.3, -0.25) is 48.6 Å². The molecule has 2 saturated heterocycles. The number of carbonyl (C=O) groups is 6. The number of imide groups is 2. The number of aromatic amines is 1. The highest BCUT2D eigenvalue weighted by atomic mass is 16.5. The van der Waals surface area contributed by atoms with Gasteiger partial charge in [0.05, 0.1) is 66.8 Å². The van der Waals surface area contributed by atoms with Gasteiger partial charge in [0.25, 0.3) is 17.7 Å². The van der Waals surface area contributed by atoms with Crippen molar-refractivity contribution in [2.45, 2.75) is 44.7 Å². The standard InChI is InChI=1S/C43H48N10O8/c1-51-34-8-5-27(21-28(34)23-46-51)40(56)47-29-6-7-31-33(22-29)49-36(48-31)25-52-16-12-26(24-52)11-14-45-37(54)13-17-60-19-20-61-18-15-44-32-4-2-3-30-39(32)43(59)53(42(30)58)35-9-10-38(55)50-41(35)57/h2-8,21-23,26,35,44H,9-20,24-25H2,1H3,(H,45,54)(H,47,56)(H,48,49)(H,50,55,57). The maximum atomic E-state index is 13.2. The van der Waals surface area contributed by atoms with Crippen molar-refractivity contribution in [2.75, 3.05) is 63.2 Å². The van der Waals surface area contributed by atoms with E-state index in [4.69, 9.17) is 14.5 Å². The first-order valence-corrected chi connectivity index (χ1v) is 20.6. The van der Waals surface area contributed by atoms with Crippen LogP contribution in [-0.2, 0) is 37.4 Å². The third-order valence-electron chi connectivity index (χ3n) is 11.3. The Labute approximate surface area is 350 Å². The van der Waals surface area contributed by atoms with Gasteiger partial charge in [-0.1, -0.05) is 6.07 Å². The third-order valence-corrected chi connectivity index (χ3v) is 11.3. The van der Waals surface area contributed by atoms with Crippen molar-refractivity contribution in [1.82, 2.24) is 40.2 Å². The normalized spacial score (nSPS) is 18.0. The van der Waals surface area contributed by atoms with Gasteiger partial charge in [-0.2, -0.15) is 5.10 Å². The summed E-state index contributed by atoms with van der Waals surface area (Å²) in [6, 6.07) is 15.1. The van der Waals surface area contributed by atoms with Crippen LogP contribution < -0.4 is 21.3 Å². The van der Waals surface area contributed by atoms with Crippen LogP contribution in [0.5, 0.6) is 0 Å². The Morgan fingerprint density at radius 3 is 2.64 bits per heavy atom. The number of aromatic nitrogens is 4. The van der Waals surface area contributed by atoms with Gasteiger partial charge in [-0.25, -0.2) is 4.98 Å². The lowest BCUT2D eigenvalue weighted by Gasteiger charge is -2.27. The minimum atomic E-state index is -1.03. The van der Waals surface area contributed by atoms with Gasteiger partial charge in [0.15, 0.2) is 0 Å². The number of ether oxygens (including phenoxy) is 2. The lowest BCUT2D eigenvalue weighted by Crippen LogP contribution is -2.54. The van der Waals surface area contributed by atoms with Crippen LogP contribution in [0.4, 0.5) is 11.4 Å². The number of benzene rings is 3. The highest BCUT2D eigenvalue weighted by Crippen LogP contribution is 2.32. The van der Waals surface area contributed by atoms with E-state index in [1.54, 1.807) is 35.1 Å². The highest BCUT2D eigenvalue weighted by Gasteiger charge is 2.45. The molecule has 2 aromatic heterocycles. The molecule has 0 radical (unpaired) electrons. The van der Waals surface area contributed by atoms with E-state index in [-0.39, 0.29) is 48.8 Å². The molecule has 18 nitrogen and oxygen atoms in total. The molecule has 3 aromatic carbocycles. The van der Waals surface area contributed by atoms with E-state index in [2.05, 4.69) is 36.2 Å². The van der Waals surface area contributed by atoms with Crippen LogP contribution >= 0.6 is 0 Å². The Bertz CT molecular complexity index is 2500. The minimum absolute atomic E-state index is 0.0548. The first-order chi connectivity index (χ1) is 29.6. The van der Waals surface area contributed by atoms with Crippen molar-refractivity contribution >= 4 is 68.8 Å². The van der Waals surface area contributed by atoms with E-state index in [1.165, 1.54) is 0 Å². The first kappa shape index (κ1) is 41.2. The molecule has 5 N–H and O–H groups in total. The fourth-order valence-electron chi connectivity index (χ4n) is 8.13. The lowest BCUT2D eigenvalue weighted by molar-refractivity contribution is -0.136. The quantitative estimate of drug-likeness (QED) is 0.0636. The predicted molar refractivity (Wildman–Crippen MR) is 224 cm³/mol. The fourth-order valence-corrected chi connectivity index (χ4v) is 8.13. The number of H-pyrrole nitrogens is 1. The molecule has 3 aliphatic heterocycles. The Morgan fingerprint density at radius 1 is 0.934 bits per heavy atom. The molecule has 2 atom stereocenters. The molecule has 318 valence electrons. The number of rotatable bonds is 18. The van der Waals surface area contributed by atoms with E-state index < -0.39 is 29.7 Å². The summed E-state index contributed by atoms with van der Waals surface area (Å²) in [5, 5.41) is 16.5. The smallest absolute Gasteiger partial charge is 0.264 e. The number of amides is 6. The summed E-state index contributed by atoms with van der Waals surface area (Å²) < 4.78 is 13.0. The van der Waals surface area contributed by atoms with Crippen LogP contribution in [0.1, 0.15) is 69.0 Å². The first-order valence-electron chi connectivity index (χ1n) is 20.6. The number of nitrogens with one attached hydrogen (secondary N) is 5. The third kappa shape index (κ3) is 9.46. The van der Waals surface area contributed by atoms with Crippen LogP contribution in [0.3, 0.4) is 0 Å². The number of carbonyl (C=O) groups excluding carboxylic acids is 6. The van der Waals surface area contributed by atoms with Crippen molar-refractivity contribution in [3.05, 3.63) is 83.3 Å². The lowest BCUT2D eigenvalue weighted by atomic mass is 10.0. The molecule has 6 amide bonds. The number of hydrogen-bond acceptors (Lipinski definition) is 12. The van der Waals surface area contributed by atoms with E-state index in [1.807, 2.05) is 37.4 Å². The minimum Gasteiger partial charge on any atom is -0.382 e. The summed E-state index contributed by atoms with van der Waals surface area (Å²) in [6.45, 7) is 4.71. The van der Waals surface area contributed by atoms with Crippen molar-refractivity contribution in [3.63, 3.8) is 0 Å². The van der Waals surface area contributed by atoms with Crippen molar-refractivity contribution in [1.29, 1.82) is 0 Å². The number of aryl methyl sites for hydroxylation is 1. The maximum absolute atomic E-state index is 13.2. The van der Waals surface area contributed by atoms with Crippen LogP contribution in [-0.4, -0.2) is 124 Å². The predicted octanol–water partition coefficient (Wildman–Crippen LogP) is 2.97. The molecule has 8 rings (SSSR count). The van der Waals surface area contributed by atoms with Gasteiger partial charge in [-0.15, -0.1) is 0 Å². The molecule has 2 unspecified atom stereocenters. The molecule has 5 aromatic rings. The molecular formula is C43H48N10O8. The molecule has 61 heavy (non-hydrogen) atoms. The van der Waals surface area contributed by atoms with Gasteiger partial charge in [0.2, 0.25) is 17.7 Å². The summed E-state index contributed by atoms with van der Waals surface area (Å²) in [5.41, 5.74) is 4.74. The summed E-state index contributed by atoms with van der Waals surface area (Å²) in [4.78, 5) is 87.1. The van der Waals surface area contributed by atoms with E-state index >= 15 is 0 Å². The zero-order valence-electron chi connectivity index (χ0n) is 33.8. The Hall–Kier alpha value is -6.50.